The van der Waals surface area contributed by atoms with Crippen molar-refractivity contribution in [1.82, 2.24) is 9.88 Å². The third kappa shape index (κ3) is 3.20. The summed E-state index contributed by atoms with van der Waals surface area (Å²) in [6.45, 7) is 3.82. The van der Waals surface area contributed by atoms with E-state index in [0.29, 0.717) is 38.1 Å². The quantitative estimate of drug-likeness (QED) is 0.938. The Morgan fingerprint density at radius 3 is 3.05 bits per heavy atom. The summed E-state index contributed by atoms with van der Waals surface area (Å²) in [7, 11) is 0. The molecule has 22 heavy (non-hydrogen) atoms. The summed E-state index contributed by atoms with van der Waals surface area (Å²) in [4.78, 5) is 29.0. The molecule has 0 aliphatic carbocycles. The number of hydrogen-bond acceptors (Lipinski definition) is 3. The van der Waals surface area contributed by atoms with Gasteiger partial charge in [-0.05, 0) is 30.9 Å². The number of benzene rings is 1. The van der Waals surface area contributed by atoms with Crippen molar-refractivity contribution in [3.05, 3.63) is 46.2 Å². The van der Waals surface area contributed by atoms with E-state index in [-0.39, 0.29) is 17.6 Å². The highest BCUT2D eigenvalue weighted by atomic mass is 16.5. The minimum Gasteiger partial charge on any atom is -0.375 e. The number of rotatable bonds is 3. The van der Waals surface area contributed by atoms with Crippen molar-refractivity contribution in [1.29, 1.82) is 0 Å². The fourth-order valence-corrected chi connectivity index (χ4v) is 2.82. The lowest BCUT2D eigenvalue weighted by molar-refractivity contribution is -0.138. The lowest BCUT2D eigenvalue weighted by Gasteiger charge is -2.31. The lowest BCUT2D eigenvalue weighted by atomic mass is 10.1. The number of nitrogens with one attached hydrogen (secondary N) is 1. The summed E-state index contributed by atoms with van der Waals surface area (Å²) in [5.41, 5.74) is 1.37. The summed E-state index contributed by atoms with van der Waals surface area (Å²) in [5, 5.41) is 0.990. The number of amides is 1. The fraction of sp³-hybridized carbons (Fsp3) is 0.412. The van der Waals surface area contributed by atoms with Crippen molar-refractivity contribution >= 4 is 16.8 Å². The second-order valence-corrected chi connectivity index (χ2v) is 5.73. The van der Waals surface area contributed by atoms with Crippen molar-refractivity contribution in [2.75, 3.05) is 19.7 Å². The molecule has 2 aromatic rings. The topological polar surface area (TPSA) is 62.4 Å². The predicted octanol–water partition coefficient (Wildman–Crippen LogP) is 1.71. The Kier molecular flexibility index (Phi) is 4.24. The zero-order valence-corrected chi connectivity index (χ0v) is 12.7. The van der Waals surface area contributed by atoms with Gasteiger partial charge in [0.05, 0.1) is 12.7 Å². The normalized spacial score (nSPS) is 18.6. The molecule has 116 valence electrons. The molecule has 0 saturated carbocycles. The first-order valence-corrected chi connectivity index (χ1v) is 7.64. The summed E-state index contributed by atoms with van der Waals surface area (Å²) in [6.07, 6.45) is 0.903. The Balaban J connectivity index is 1.69. The second-order valence-electron chi connectivity index (χ2n) is 5.73. The smallest absolute Gasteiger partial charge is 0.251 e. The van der Waals surface area contributed by atoms with Crippen LogP contribution in [-0.2, 0) is 16.0 Å². The van der Waals surface area contributed by atoms with Crippen LogP contribution in [0.15, 0.2) is 35.1 Å². The second kappa shape index (κ2) is 6.32. The minimum atomic E-state index is -0.109. The largest absolute Gasteiger partial charge is 0.375 e. The molecule has 5 heteroatoms. The van der Waals surface area contributed by atoms with Crippen LogP contribution in [0.2, 0.25) is 0 Å². The first kappa shape index (κ1) is 14.8. The molecular weight excluding hydrogens is 280 g/mol. The summed E-state index contributed by atoms with van der Waals surface area (Å²) >= 11 is 0. The van der Waals surface area contributed by atoms with E-state index in [0.717, 1.165) is 10.9 Å². The highest BCUT2D eigenvalue weighted by Crippen LogP contribution is 2.12. The number of aryl methyl sites for hydroxylation is 1. The van der Waals surface area contributed by atoms with E-state index in [1.807, 2.05) is 42.2 Å². The van der Waals surface area contributed by atoms with Crippen LogP contribution < -0.4 is 5.56 Å². The number of nitrogens with zero attached hydrogens (tertiary/aromatic N) is 1. The van der Waals surface area contributed by atoms with Crippen molar-refractivity contribution in [2.45, 2.75) is 25.9 Å². The highest BCUT2D eigenvalue weighted by Gasteiger charge is 2.21. The van der Waals surface area contributed by atoms with E-state index in [4.69, 9.17) is 4.74 Å². The number of aromatic amines is 1. The molecule has 0 bridgehead atoms. The number of carbonyl (C=O) groups excluding carboxylic acids is 1. The van der Waals surface area contributed by atoms with E-state index in [2.05, 4.69) is 4.98 Å². The van der Waals surface area contributed by atoms with Crippen molar-refractivity contribution < 1.29 is 9.53 Å². The average Bonchev–Trinajstić information content (AvgIpc) is 2.52. The number of fused-ring (bicyclic) bond motifs is 1. The predicted molar refractivity (Wildman–Crippen MR) is 84.9 cm³/mol. The Morgan fingerprint density at radius 2 is 2.23 bits per heavy atom. The van der Waals surface area contributed by atoms with Gasteiger partial charge in [0.1, 0.15) is 0 Å². The number of morpholine rings is 1. The summed E-state index contributed by atoms with van der Waals surface area (Å²) in [5.74, 6) is 0.0858. The molecule has 1 aromatic carbocycles. The van der Waals surface area contributed by atoms with Gasteiger partial charge >= 0.3 is 0 Å². The molecule has 1 amide bonds. The molecule has 2 heterocycles. The van der Waals surface area contributed by atoms with E-state index in [1.54, 1.807) is 0 Å². The van der Waals surface area contributed by atoms with Crippen LogP contribution >= 0.6 is 0 Å². The number of pyridine rings is 1. The standard InChI is InChI=1S/C17H20N2O3/c1-12-11-19(8-9-22-12)16(20)7-6-14-10-13-4-2-3-5-15(13)18-17(14)21/h2-5,10,12H,6-9,11H2,1H3,(H,18,21). The van der Waals surface area contributed by atoms with Gasteiger partial charge in [-0.15, -0.1) is 0 Å². The maximum Gasteiger partial charge on any atom is 0.251 e. The molecule has 5 nitrogen and oxygen atoms in total. The molecule has 1 N–H and O–H groups in total. The molecule has 1 saturated heterocycles. The average molecular weight is 300 g/mol. The van der Waals surface area contributed by atoms with Gasteiger partial charge in [0, 0.05) is 30.6 Å². The van der Waals surface area contributed by atoms with E-state index >= 15 is 0 Å². The van der Waals surface area contributed by atoms with E-state index in [1.165, 1.54) is 0 Å². The summed E-state index contributed by atoms with van der Waals surface area (Å²) < 4.78 is 5.44. The molecule has 1 unspecified atom stereocenters. The molecule has 1 aromatic heterocycles. The van der Waals surface area contributed by atoms with Crippen LogP contribution in [-0.4, -0.2) is 41.6 Å². The lowest BCUT2D eigenvalue weighted by Crippen LogP contribution is -2.44. The van der Waals surface area contributed by atoms with Crippen molar-refractivity contribution in [2.24, 2.45) is 0 Å². The zero-order valence-electron chi connectivity index (χ0n) is 12.7. The van der Waals surface area contributed by atoms with Gasteiger partial charge in [-0.2, -0.15) is 0 Å². The number of para-hydroxylation sites is 1. The molecule has 1 fully saturated rings. The van der Waals surface area contributed by atoms with Crippen LogP contribution in [0.5, 0.6) is 0 Å². The van der Waals surface area contributed by atoms with Gasteiger partial charge < -0.3 is 14.6 Å². The SMILES string of the molecule is CC1CN(C(=O)CCc2cc3ccccc3[nH]c2=O)CCO1. The van der Waals surface area contributed by atoms with Gasteiger partial charge in [-0.1, -0.05) is 18.2 Å². The van der Waals surface area contributed by atoms with E-state index in [9.17, 15) is 9.59 Å². The molecule has 0 radical (unpaired) electrons. The maximum absolute atomic E-state index is 12.2. The highest BCUT2D eigenvalue weighted by molar-refractivity contribution is 5.79. The van der Waals surface area contributed by atoms with Gasteiger partial charge in [-0.25, -0.2) is 0 Å². The van der Waals surface area contributed by atoms with Crippen molar-refractivity contribution in [3.63, 3.8) is 0 Å². The van der Waals surface area contributed by atoms with Gasteiger partial charge in [-0.3, -0.25) is 9.59 Å². The molecular formula is C17H20N2O3. The van der Waals surface area contributed by atoms with Gasteiger partial charge in [0.2, 0.25) is 5.91 Å². The van der Waals surface area contributed by atoms with E-state index < -0.39 is 0 Å². The Morgan fingerprint density at radius 1 is 1.41 bits per heavy atom. The first-order valence-electron chi connectivity index (χ1n) is 7.64. The minimum absolute atomic E-state index is 0.0850. The molecule has 1 aliphatic heterocycles. The third-order valence-electron chi connectivity index (χ3n) is 4.03. The summed E-state index contributed by atoms with van der Waals surface area (Å²) in [6, 6.07) is 9.54. The Hall–Kier alpha value is -2.14. The van der Waals surface area contributed by atoms with Crippen LogP contribution in [0.25, 0.3) is 10.9 Å². The third-order valence-corrected chi connectivity index (χ3v) is 4.03. The van der Waals surface area contributed by atoms with Crippen LogP contribution in [0, 0.1) is 0 Å². The van der Waals surface area contributed by atoms with Crippen LogP contribution in [0.3, 0.4) is 0 Å². The molecule has 3 rings (SSSR count). The maximum atomic E-state index is 12.2. The Labute approximate surface area is 128 Å². The Bertz CT molecular complexity index is 738. The van der Waals surface area contributed by atoms with Crippen molar-refractivity contribution in [3.8, 4) is 0 Å². The molecule has 0 spiro atoms. The monoisotopic (exact) mass is 300 g/mol. The molecule has 1 atom stereocenters. The number of aromatic nitrogens is 1. The van der Waals surface area contributed by atoms with Crippen LogP contribution in [0.4, 0.5) is 0 Å². The molecule has 1 aliphatic rings. The fourth-order valence-electron chi connectivity index (χ4n) is 2.82. The number of carbonyl (C=O) groups is 1. The number of H-pyrrole nitrogens is 1. The van der Waals surface area contributed by atoms with Gasteiger partial charge in [0.15, 0.2) is 0 Å². The number of hydrogen-bond donors (Lipinski definition) is 1. The first-order chi connectivity index (χ1) is 10.6. The zero-order chi connectivity index (χ0) is 15.5. The van der Waals surface area contributed by atoms with Crippen LogP contribution in [0.1, 0.15) is 18.9 Å². The number of ether oxygens (including phenoxy) is 1. The van der Waals surface area contributed by atoms with Gasteiger partial charge in [0.25, 0.3) is 5.56 Å².